The van der Waals surface area contributed by atoms with E-state index in [0.717, 1.165) is 0 Å². The Morgan fingerprint density at radius 3 is 2.36 bits per heavy atom. The van der Waals surface area contributed by atoms with Crippen LogP contribution in [0.2, 0.25) is 0 Å². The molecule has 0 saturated heterocycles. The number of hydrogen-bond acceptors (Lipinski definition) is 6. The van der Waals surface area contributed by atoms with Crippen molar-refractivity contribution in [2.75, 3.05) is 11.9 Å². The molecule has 3 aromatic carbocycles. The number of fused-ring (bicyclic) bond motifs is 1. The fraction of sp³-hybridized carbons (Fsp3) is 0.120. The molecule has 0 aliphatic rings. The van der Waals surface area contributed by atoms with Crippen molar-refractivity contribution < 1.29 is 19.1 Å². The van der Waals surface area contributed by atoms with Gasteiger partial charge in [0.1, 0.15) is 11.5 Å². The quantitative estimate of drug-likeness (QED) is 0.434. The highest BCUT2D eigenvalue weighted by Gasteiger charge is 2.18. The van der Waals surface area contributed by atoms with Gasteiger partial charge in [0.15, 0.2) is 12.3 Å². The monoisotopic (exact) mass is 443 g/mol. The van der Waals surface area contributed by atoms with Gasteiger partial charge in [0, 0.05) is 23.7 Å². The summed E-state index contributed by atoms with van der Waals surface area (Å²) >= 11 is 0. The summed E-state index contributed by atoms with van der Waals surface area (Å²) in [6.45, 7) is 1.54. The Bertz CT molecular complexity index is 1370. The Hall–Kier alpha value is -4.46. The molecule has 0 aliphatic heterocycles. The van der Waals surface area contributed by atoms with Crippen molar-refractivity contribution in [3.63, 3.8) is 0 Å². The van der Waals surface area contributed by atoms with Crippen molar-refractivity contribution in [3.05, 3.63) is 94.9 Å². The van der Waals surface area contributed by atoms with Crippen molar-refractivity contribution in [1.29, 1.82) is 0 Å². The second kappa shape index (κ2) is 9.78. The molecule has 0 aliphatic carbocycles. The van der Waals surface area contributed by atoms with Gasteiger partial charge in [-0.3, -0.25) is 9.59 Å². The van der Waals surface area contributed by atoms with Gasteiger partial charge in [-0.15, -0.1) is 0 Å². The predicted octanol–water partition coefficient (Wildman–Crippen LogP) is 4.00. The SMILES string of the molecule is CCn1nc(C(=O)OCC(=O)Nc2cccc(Oc3ccccc3)c2)c2ccccc2c1=O. The van der Waals surface area contributed by atoms with Gasteiger partial charge < -0.3 is 14.8 Å². The van der Waals surface area contributed by atoms with Crippen LogP contribution in [0.3, 0.4) is 0 Å². The lowest BCUT2D eigenvalue weighted by Crippen LogP contribution is -2.27. The number of aromatic nitrogens is 2. The molecule has 0 radical (unpaired) electrons. The molecular formula is C25H21N3O5. The normalized spacial score (nSPS) is 10.6. The van der Waals surface area contributed by atoms with Crippen LogP contribution in [0.25, 0.3) is 10.8 Å². The lowest BCUT2D eigenvalue weighted by atomic mass is 10.1. The molecule has 166 valence electrons. The first-order valence-electron chi connectivity index (χ1n) is 10.3. The average molecular weight is 443 g/mol. The number of carbonyl (C=O) groups excluding carboxylic acids is 2. The second-order valence-corrected chi connectivity index (χ2v) is 7.08. The van der Waals surface area contributed by atoms with E-state index in [1.807, 2.05) is 30.3 Å². The van der Waals surface area contributed by atoms with Crippen molar-refractivity contribution in [2.45, 2.75) is 13.5 Å². The Labute approximate surface area is 189 Å². The Morgan fingerprint density at radius 2 is 1.61 bits per heavy atom. The van der Waals surface area contributed by atoms with Crippen molar-refractivity contribution in [3.8, 4) is 11.5 Å². The van der Waals surface area contributed by atoms with Crippen LogP contribution in [-0.4, -0.2) is 28.3 Å². The number of ether oxygens (including phenoxy) is 2. The zero-order valence-electron chi connectivity index (χ0n) is 17.9. The van der Waals surface area contributed by atoms with E-state index < -0.39 is 18.5 Å². The average Bonchev–Trinajstić information content (AvgIpc) is 2.84. The maximum Gasteiger partial charge on any atom is 0.359 e. The van der Waals surface area contributed by atoms with Gasteiger partial charge in [0.2, 0.25) is 0 Å². The lowest BCUT2D eigenvalue weighted by molar-refractivity contribution is -0.119. The minimum absolute atomic E-state index is 0.0156. The number of benzene rings is 3. The Balaban J connectivity index is 1.43. The van der Waals surface area contributed by atoms with Crippen molar-refractivity contribution >= 4 is 28.3 Å². The van der Waals surface area contributed by atoms with Gasteiger partial charge >= 0.3 is 5.97 Å². The number of nitrogens with zero attached hydrogens (tertiary/aromatic N) is 2. The van der Waals surface area contributed by atoms with Crippen molar-refractivity contribution in [2.24, 2.45) is 0 Å². The third-order valence-electron chi connectivity index (χ3n) is 4.79. The number of nitrogens with one attached hydrogen (secondary N) is 1. The van der Waals surface area contributed by atoms with Gasteiger partial charge in [0.05, 0.1) is 5.39 Å². The van der Waals surface area contributed by atoms with Crippen LogP contribution in [0.1, 0.15) is 17.4 Å². The number of para-hydroxylation sites is 1. The van der Waals surface area contributed by atoms with Gasteiger partial charge in [-0.2, -0.15) is 5.10 Å². The number of anilines is 1. The number of aryl methyl sites for hydroxylation is 1. The molecular weight excluding hydrogens is 422 g/mol. The number of esters is 1. The third kappa shape index (κ3) is 5.07. The molecule has 33 heavy (non-hydrogen) atoms. The van der Waals surface area contributed by atoms with E-state index in [1.165, 1.54) is 4.68 Å². The molecule has 0 atom stereocenters. The van der Waals surface area contributed by atoms with Crippen LogP contribution in [0.4, 0.5) is 5.69 Å². The summed E-state index contributed by atoms with van der Waals surface area (Å²) in [6.07, 6.45) is 0. The van der Waals surface area contributed by atoms with Gasteiger partial charge in [-0.05, 0) is 37.3 Å². The maximum absolute atomic E-state index is 12.7. The fourth-order valence-corrected chi connectivity index (χ4v) is 3.26. The summed E-state index contributed by atoms with van der Waals surface area (Å²) in [6, 6.07) is 22.8. The highest BCUT2D eigenvalue weighted by Crippen LogP contribution is 2.23. The maximum atomic E-state index is 12.7. The summed E-state index contributed by atoms with van der Waals surface area (Å²) in [5.74, 6) is -0.0884. The van der Waals surface area contributed by atoms with Crippen LogP contribution in [0.5, 0.6) is 11.5 Å². The van der Waals surface area contributed by atoms with Gasteiger partial charge in [-0.25, -0.2) is 9.48 Å². The summed E-state index contributed by atoms with van der Waals surface area (Å²) < 4.78 is 12.1. The van der Waals surface area contributed by atoms with Crippen molar-refractivity contribution in [1.82, 2.24) is 9.78 Å². The number of rotatable bonds is 7. The molecule has 0 bridgehead atoms. The summed E-state index contributed by atoms with van der Waals surface area (Å²) in [7, 11) is 0. The van der Waals surface area contributed by atoms with Gasteiger partial charge in [-0.1, -0.05) is 42.5 Å². The molecule has 1 N–H and O–H groups in total. The molecule has 8 nitrogen and oxygen atoms in total. The van der Waals surface area contributed by atoms with Crippen LogP contribution in [0.15, 0.2) is 83.7 Å². The zero-order chi connectivity index (χ0) is 23.2. The second-order valence-electron chi connectivity index (χ2n) is 7.08. The topological polar surface area (TPSA) is 99.5 Å². The molecule has 0 fully saturated rings. The Kier molecular flexibility index (Phi) is 6.45. The summed E-state index contributed by atoms with van der Waals surface area (Å²) in [5, 5.41) is 7.53. The largest absolute Gasteiger partial charge is 0.457 e. The summed E-state index contributed by atoms with van der Waals surface area (Å²) in [5.41, 5.74) is 0.186. The highest BCUT2D eigenvalue weighted by molar-refractivity contribution is 6.03. The minimum atomic E-state index is -0.787. The summed E-state index contributed by atoms with van der Waals surface area (Å²) in [4.78, 5) is 37.4. The first-order valence-corrected chi connectivity index (χ1v) is 10.3. The van der Waals surface area contributed by atoms with Crippen LogP contribution >= 0.6 is 0 Å². The van der Waals surface area contributed by atoms with E-state index in [2.05, 4.69) is 10.4 Å². The van der Waals surface area contributed by atoms with Gasteiger partial charge in [0.25, 0.3) is 11.5 Å². The smallest absolute Gasteiger partial charge is 0.359 e. The van der Waals surface area contributed by atoms with Crippen LogP contribution < -0.4 is 15.6 Å². The molecule has 1 aromatic heterocycles. The zero-order valence-corrected chi connectivity index (χ0v) is 17.9. The molecule has 0 unspecified atom stereocenters. The van der Waals surface area contributed by atoms with E-state index in [1.54, 1.807) is 55.5 Å². The molecule has 1 amide bonds. The molecule has 4 aromatic rings. The molecule has 0 saturated carbocycles. The molecule has 8 heteroatoms. The van der Waals surface area contributed by atoms with E-state index in [0.29, 0.717) is 34.5 Å². The number of carbonyl (C=O) groups is 2. The predicted molar refractivity (Wildman–Crippen MR) is 124 cm³/mol. The van der Waals surface area contributed by atoms with E-state index in [4.69, 9.17) is 9.47 Å². The third-order valence-corrected chi connectivity index (χ3v) is 4.79. The standard InChI is InChI=1S/C25H21N3O5/c1-2-28-24(30)21-14-7-6-13-20(21)23(27-28)25(31)32-16-22(29)26-17-9-8-12-19(15-17)33-18-10-4-3-5-11-18/h3-15H,2,16H2,1H3,(H,26,29). The van der Waals surface area contributed by atoms with Crippen LogP contribution in [-0.2, 0) is 16.1 Å². The first-order chi connectivity index (χ1) is 16.0. The minimum Gasteiger partial charge on any atom is -0.457 e. The molecule has 0 spiro atoms. The van der Waals surface area contributed by atoms with Crippen LogP contribution in [0, 0.1) is 0 Å². The fourth-order valence-electron chi connectivity index (χ4n) is 3.26. The van der Waals surface area contributed by atoms with E-state index in [-0.39, 0.29) is 11.3 Å². The Morgan fingerprint density at radius 1 is 0.909 bits per heavy atom. The number of amides is 1. The first kappa shape index (κ1) is 21.8. The molecule has 1 heterocycles. The van der Waals surface area contributed by atoms with E-state index in [9.17, 15) is 14.4 Å². The highest BCUT2D eigenvalue weighted by atomic mass is 16.5. The number of hydrogen-bond donors (Lipinski definition) is 1. The lowest BCUT2D eigenvalue weighted by Gasteiger charge is -2.11. The molecule has 4 rings (SSSR count). The van der Waals surface area contributed by atoms with E-state index >= 15 is 0 Å².